The smallest absolute Gasteiger partial charge is 0.255 e. The monoisotopic (exact) mass is 886 g/mol. The third kappa shape index (κ3) is 11.4. The summed E-state index contributed by atoms with van der Waals surface area (Å²) in [6.07, 6.45) is 6.15. The molecule has 0 aromatic heterocycles. The summed E-state index contributed by atoms with van der Waals surface area (Å²) in [5.41, 5.74) is 4.70. The van der Waals surface area contributed by atoms with Crippen LogP contribution in [0.2, 0.25) is 0 Å². The molecular formula is C42H61BrN6O6P2. The summed E-state index contributed by atoms with van der Waals surface area (Å²) in [7, 11) is 5.50. The van der Waals surface area contributed by atoms with Crippen molar-refractivity contribution in [1.29, 1.82) is 0 Å². The number of piperidine rings is 4. The molecule has 6 amide bonds. The molecule has 4 atom stereocenters. The zero-order valence-corrected chi connectivity index (χ0v) is 38.3. The summed E-state index contributed by atoms with van der Waals surface area (Å²) in [4.78, 5) is 76.1. The van der Waals surface area contributed by atoms with Gasteiger partial charge in [0, 0.05) is 68.1 Å². The molecule has 12 nitrogen and oxygen atoms in total. The standard InChI is InChI=1S/C19H24N3O3P.C14H14N2O3.C5H11BrNP.2C2H6/c1-19(7-4-16(23)20-18(19)25)22-11-14-10-13(2-3-15(14)17(22)24)12-5-8-21(26)9-6-12;1-8-2-3-10-9(6-8)7-16(14(10)19)11-4-5-12(17)15-13(11)18;6-5-1-3-7(8)4-2-5;2*1-2/h2-3,10,12H,4-9,11,26H2,1H3,(H,20,23,25);2-3,6,11H,4-5,7H2,1H3,(H,15,17,18);5H,1-4,8H2;2*1-2H3. The van der Waals surface area contributed by atoms with E-state index in [-0.39, 0.29) is 48.3 Å². The van der Waals surface area contributed by atoms with Crippen molar-refractivity contribution in [2.24, 2.45) is 0 Å². The Morgan fingerprint density at radius 2 is 1.26 bits per heavy atom. The molecule has 2 aromatic carbocycles. The molecule has 2 N–H and O–H groups in total. The van der Waals surface area contributed by atoms with E-state index in [0.717, 1.165) is 47.4 Å². The van der Waals surface area contributed by atoms with E-state index in [2.05, 4.69) is 66.8 Å². The van der Waals surface area contributed by atoms with Crippen LogP contribution in [-0.2, 0) is 32.3 Å². The molecule has 4 fully saturated rings. The molecule has 6 aliphatic heterocycles. The van der Waals surface area contributed by atoms with Crippen molar-refractivity contribution < 1.29 is 28.8 Å². The number of aryl methyl sites for hydroxylation is 1. The average molecular weight is 888 g/mol. The number of imide groups is 2. The minimum Gasteiger partial charge on any atom is -0.322 e. The van der Waals surface area contributed by atoms with Crippen LogP contribution in [0.5, 0.6) is 0 Å². The molecule has 0 bridgehead atoms. The fourth-order valence-corrected chi connectivity index (χ4v) is 8.85. The second kappa shape index (κ2) is 21.3. The van der Waals surface area contributed by atoms with Crippen molar-refractivity contribution in [3.8, 4) is 0 Å². The number of nitrogens with zero attached hydrogens (tertiary/aromatic N) is 4. The van der Waals surface area contributed by atoms with E-state index < -0.39 is 11.6 Å². The van der Waals surface area contributed by atoms with Crippen molar-refractivity contribution in [2.45, 2.75) is 128 Å². The predicted octanol–water partition coefficient (Wildman–Crippen LogP) is 6.25. The molecule has 312 valence electrons. The molecule has 6 heterocycles. The van der Waals surface area contributed by atoms with Crippen LogP contribution < -0.4 is 10.6 Å². The van der Waals surface area contributed by atoms with Gasteiger partial charge in [0.15, 0.2) is 0 Å². The Balaban J connectivity index is 0.000000203. The van der Waals surface area contributed by atoms with Crippen molar-refractivity contribution in [1.82, 2.24) is 29.8 Å². The Hall–Kier alpha value is -3.08. The first kappa shape index (κ1) is 46.6. The first-order valence-electron chi connectivity index (χ1n) is 20.4. The second-order valence-electron chi connectivity index (χ2n) is 15.0. The molecule has 6 aliphatic rings. The SMILES string of the molecule is CC.CC.CC1(N2Cc3cc(C4CCN(P)CC4)ccc3C2=O)CCC(=O)NC1=O.Cc1ccc2c(c1)CN(C1CCC(=O)NC1=O)C2=O.PN1CCC(Br)CC1. The van der Waals surface area contributed by atoms with Crippen LogP contribution in [0, 0.1) is 6.92 Å². The Labute approximate surface area is 351 Å². The zero-order valence-electron chi connectivity index (χ0n) is 34.4. The zero-order chi connectivity index (χ0) is 42.0. The summed E-state index contributed by atoms with van der Waals surface area (Å²) in [6, 6.07) is 11.3. The molecular weight excluding hydrogens is 826 g/mol. The lowest BCUT2D eigenvalue weighted by molar-refractivity contribution is -0.142. The van der Waals surface area contributed by atoms with Crippen molar-refractivity contribution in [3.05, 3.63) is 69.8 Å². The number of carbonyl (C=O) groups excluding carboxylic acids is 6. The number of carbonyl (C=O) groups is 6. The van der Waals surface area contributed by atoms with E-state index in [1.165, 1.54) is 31.5 Å². The highest BCUT2D eigenvalue weighted by molar-refractivity contribution is 9.09. The summed E-state index contributed by atoms with van der Waals surface area (Å²) in [5, 5.41) is 4.68. The maximum absolute atomic E-state index is 12.9. The van der Waals surface area contributed by atoms with Crippen LogP contribution in [0.3, 0.4) is 0 Å². The highest BCUT2D eigenvalue weighted by Gasteiger charge is 2.48. The number of hydrogen-bond donors (Lipinski definition) is 2. The third-order valence-electron chi connectivity index (χ3n) is 11.2. The highest BCUT2D eigenvalue weighted by atomic mass is 79.9. The average Bonchev–Trinajstić information content (AvgIpc) is 3.72. The van der Waals surface area contributed by atoms with Crippen LogP contribution in [0.15, 0.2) is 36.4 Å². The third-order valence-corrected chi connectivity index (χ3v) is 13.2. The largest absolute Gasteiger partial charge is 0.322 e. The Morgan fingerprint density at radius 1 is 0.702 bits per heavy atom. The number of nitrogens with one attached hydrogen (secondary N) is 2. The first-order valence-corrected chi connectivity index (χ1v) is 22.3. The molecule has 0 aliphatic carbocycles. The van der Waals surface area contributed by atoms with Crippen molar-refractivity contribution in [3.63, 3.8) is 0 Å². The van der Waals surface area contributed by atoms with Crippen LogP contribution in [-0.4, -0.2) is 97.2 Å². The lowest BCUT2D eigenvalue weighted by Crippen LogP contribution is -2.61. The topological polar surface area (TPSA) is 139 Å². The van der Waals surface area contributed by atoms with Gasteiger partial charge in [0.05, 0.1) is 0 Å². The lowest BCUT2D eigenvalue weighted by atomic mass is 9.88. The van der Waals surface area contributed by atoms with Crippen LogP contribution >= 0.6 is 34.7 Å². The molecule has 0 spiro atoms. The Kier molecular flexibility index (Phi) is 17.4. The quantitative estimate of drug-likeness (QED) is 0.210. The maximum Gasteiger partial charge on any atom is 0.255 e. The highest BCUT2D eigenvalue weighted by Crippen LogP contribution is 2.37. The number of hydrogen-bond acceptors (Lipinski definition) is 8. The van der Waals surface area contributed by atoms with E-state index in [1.54, 1.807) is 22.8 Å². The van der Waals surface area contributed by atoms with Crippen molar-refractivity contribution >= 4 is 70.2 Å². The molecule has 4 unspecified atom stereocenters. The van der Waals surface area contributed by atoms with Gasteiger partial charge >= 0.3 is 0 Å². The van der Waals surface area contributed by atoms with Crippen LogP contribution in [0.25, 0.3) is 0 Å². The Morgan fingerprint density at radius 3 is 1.86 bits per heavy atom. The lowest BCUT2D eigenvalue weighted by Gasteiger charge is -2.39. The molecule has 15 heteroatoms. The minimum absolute atomic E-state index is 0.113. The van der Waals surface area contributed by atoms with Gasteiger partial charge in [-0.2, -0.15) is 0 Å². The minimum atomic E-state index is -0.963. The maximum atomic E-state index is 12.9. The van der Waals surface area contributed by atoms with E-state index in [0.29, 0.717) is 43.0 Å². The van der Waals surface area contributed by atoms with Crippen LogP contribution in [0.4, 0.5) is 0 Å². The predicted molar refractivity (Wildman–Crippen MR) is 234 cm³/mol. The molecule has 0 saturated carbocycles. The van der Waals surface area contributed by atoms with E-state index >= 15 is 0 Å². The summed E-state index contributed by atoms with van der Waals surface area (Å²) < 4.78 is 4.55. The van der Waals surface area contributed by atoms with Gasteiger partial charge in [-0.15, -0.1) is 0 Å². The van der Waals surface area contributed by atoms with Crippen molar-refractivity contribution in [2.75, 3.05) is 26.2 Å². The normalized spacial score (nSPS) is 24.0. The van der Waals surface area contributed by atoms with Gasteiger partial charge in [0.2, 0.25) is 17.7 Å². The number of fused-ring (bicyclic) bond motifs is 2. The summed E-state index contributed by atoms with van der Waals surface area (Å²) >= 11 is 3.58. The second-order valence-corrected chi connectivity index (χ2v) is 17.8. The van der Waals surface area contributed by atoms with E-state index in [1.807, 2.05) is 52.8 Å². The first-order chi connectivity index (χ1) is 27.2. The van der Waals surface area contributed by atoms with Gasteiger partial charge in [-0.3, -0.25) is 48.7 Å². The number of halogens is 1. The van der Waals surface area contributed by atoms with Gasteiger partial charge < -0.3 is 9.80 Å². The number of alkyl halides is 1. The molecule has 2 aromatic rings. The van der Waals surface area contributed by atoms with E-state index in [9.17, 15) is 28.8 Å². The summed E-state index contributed by atoms with van der Waals surface area (Å²) in [6.45, 7) is 17.2. The number of rotatable bonds is 3. The number of amides is 6. The Bertz CT molecular complexity index is 1790. The molecule has 0 radical (unpaired) electrons. The summed E-state index contributed by atoms with van der Waals surface area (Å²) in [5.74, 6) is -0.979. The number of benzene rings is 2. The molecule has 8 rings (SSSR count). The van der Waals surface area contributed by atoms with Gasteiger partial charge in [0.1, 0.15) is 11.6 Å². The fraction of sp³-hybridized carbons (Fsp3) is 0.571. The van der Waals surface area contributed by atoms with Gasteiger partial charge in [-0.25, -0.2) is 0 Å². The van der Waals surface area contributed by atoms with E-state index in [4.69, 9.17) is 0 Å². The van der Waals surface area contributed by atoms with Crippen LogP contribution in [0.1, 0.15) is 135 Å². The van der Waals surface area contributed by atoms with Gasteiger partial charge in [-0.1, -0.05) is 92.2 Å². The molecule has 4 saturated heterocycles. The van der Waals surface area contributed by atoms with Gasteiger partial charge in [0.25, 0.3) is 17.7 Å². The fourth-order valence-electron chi connectivity index (χ4n) is 7.85. The van der Waals surface area contributed by atoms with Gasteiger partial charge in [-0.05, 0) is 87.1 Å². The molecule has 57 heavy (non-hydrogen) atoms.